The van der Waals surface area contributed by atoms with E-state index in [0.717, 1.165) is 33.6 Å². The first-order valence-electron chi connectivity index (χ1n) is 7.75. The smallest absolute Gasteiger partial charge is 0.143 e. The molecular formula is C21H18O3. The van der Waals surface area contributed by atoms with Crippen molar-refractivity contribution in [3.05, 3.63) is 65.4 Å². The number of para-hydroxylation sites is 1. The largest absolute Gasteiger partial charge is 0.497 e. The number of hydrogen-bond acceptors (Lipinski definition) is 3. The van der Waals surface area contributed by atoms with E-state index in [-0.39, 0.29) is 6.61 Å². The van der Waals surface area contributed by atoms with Gasteiger partial charge in [-0.15, -0.1) is 0 Å². The first kappa shape index (κ1) is 15.9. The number of furan rings is 1. The van der Waals surface area contributed by atoms with Gasteiger partial charge in [-0.2, -0.15) is 0 Å². The van der Waals surface area contributed by atoms with Gasteiger partial charge in [0.1, 0.15) is 17.1 Å². The van der Waals surface area contributed by atoms with Gasteiger partial charge in [0.25, 0.3) is 0 Å². The third-order valence-electron chi connectivity index (χ3n) is 3.62. The van der Waals surface area contributed by atoms with Gasteiger partial charge in [0.15, 0.2) is 0 Å². The van der Waals surface area contributed by atoms with Crippen molar-refractivity contribution in [2.75, 3.05) is 13.7 Å². The maximum Gasteiger partial charge on any atom is 0.143 e. The average molecular weight is 318 g/mol. The van der Waals surface area contributed by atoms with E-state index in [1.807, 2.05) is 60.7 Å². The summed E-state index contributed by atoms with van der Waals surface area (Å²) in [6, 6.07) is 15.6. The Morgan fingerprint density at radius 3 is 2.62 bits per heavy atom. The second-order valence-corrected chi connectivity index (χ2v) is 5.22. The highest BCUT2D eigenvalue weighted by Gasteiger charge is 2.09. The lowest BCUT2D eigenvalue weighted by Crippen LogP contribution is -1.81. The van der Waals surface area contributed by atoms with E-state index in [9.17, 15) is 0 Å². The molecule has 120 valence electrons. The summed E-state index contributed by atoms with van der Waals surface area (Å²) in [4.78, 5) is 0. The molecule has 0 bridgehead atoms. The summed E-state index contributed by atoms with van der Waals surface area (Å²) in [5, 5.41) is 9.91. The fourth-order valence-corrected chi connectivity index (χ4v) is 2.40. The van der Waals surface area contributed by atoms with Crippen molar-refractivity contribution in [3.63, 3.8) is 0 Å². The molecule has 0 atom stereocenters. The molecule has 1 aromatic heterocycles. The van der Waals surface area contributed by atoms with E-state index in [0.29, 0.717) is 6.42 Å². The molecule has 0 aliphatic carbocycles. The van der Waals surface area contributed by atoms with Gasteiger partial charge in [-0.05, 0) is 35.9 Å². The van der Waals surface area contributed by atoms with Gasteiger partial charge in [-0.25, -0.2) is 0 Å². The summed E-state index contributed by atoms with van der Waals surface area (Å²) >= 11 is 0. The third kappa shape index (κ3) is 3.51. The molecule has 0 saturated carbocycles. The molecular weight excluding hydrogens is 300 g/mol. The Bertz CT molecular complexity index is 906. The highest BCUT2D eigenvalue weighted by atomic mass is 16.5. The minimum atomic E-state index is 0.0554. The summed E-state index contributed by atoms with van der Waals surface area (Å²) in [7, 11) is 1.65. The quantitative estimate of drug-likeness (QED) is 0.727. The zero-order valence-corrected chi connectivity index (χ0v) is 13.5. The van der Waals surface area contributed by atoms with E-state index in [1.165, 1.54) is 0 Å². The number of rotatable bonds is 4. The second kappa shape index (κ2) is 7.54. The van der Waals surface area contributed by atoms with Crippen LogP contribution in [0.4, 0.5) is 0 Å². The predicted molar refractivity (Wildman–Crippen MR) is 96.7 cm³/mol. The summed E-state index contributed by atoms with van der Waals surface area (Å²) in [5.74, 6) is 7.63. The van der Waals surface area contributed by atoms with Gasteiger partial charge in [0.2, 0.25) is 0 Å². The van der Waals surface area contributed by atoms with Crippen LogP contribution >= 0.6 is 0 Å². The van der Waals surface area contributed by atoms with Crippen molar-refractivity contribution in [1.82, 2.24) is 0 Å². The van der Waals surface area contributed by atoms with Crippen LogP contribution in [0.1, 0.15) is 23.3 Å². The molecule has 3 nitrogen and oxygen atoms in total. The number of methoxy groups -OCH3 is 1. The van der Waals surface area contributed by atoms with Crippen LogP contribution in [-0.2, 0) is 0 Å². The van der Waals surface area contributed by atoms with E-state index in [4.69, 9.17) is 14.3 Å². The minimum absolute atomic E-state index is 0.0554. The molecule has 1 N–H and O–H groups in total. The van der Waals surface area contributed by atoms with Gasteiger partial charge in [-0.1, -0.05) is 42.2 Å². The summed E-state index contributed by atoms with van der Waals surface area (Å²) in [6.07, 6.45) is 4.35. The van der Waals surface area contributed by atoms with Crippen molar-refractivity contribution in [3.8, 4) is 17.6 Å². The van der Waals surface area contributed by atoms with Gasteiger partial charge in [0, 0.05) is 11.8 Å². The van der Waals surface area contributed by atoms with Crippen LogP contribution in [0.3, 0.4) is 0 Å². The molecule has 0 aliphatic heterocycles. The molecule has 0 saturated heterocycles. The van der Waals surface area contributed by atoms with E-state index < -0.39 is 0 Å². The molecule has 24 heavy (non-hydrogen) atoms. The molecule has 0 aliphatic rings. The van der Waals surface area contributed by atoms with Gasteiger partial charge in [-0.3, -0.25) is 0 Å². The molecule has 3 rings (SSSR count). The Kier molecular flexibility index (Phi) is 5.00. The first-order chi connectivity index (χ1) is 11.8. The van der Waals surface area contributed by atoms with Crippen LogP contribution in [-0.4, -0.2) is 18.8 Å². The van der Waals surface area contributed by atoms with Crippen LogP contribution < -0.4 is 4.74 Å². The standard InChI is InChI=1S/C21H18O3/c1-23-17-12-9-16(10-13-17)11-14-21-19(7-4-5-15-22)18-6-2-3-8-20(18)24-21/h2-3,6,8-14,22H,5,15H2,1H3/b14-11+. The van der Waals surface area contributed by atoms with Crippen molar-refractivity contribution in [1.29, 1.82) is 0 Å². The molecule has 0 amide bonds. The lowest BCUT2D eigenvalue weighted by atomic mass is 10.1. The van der Waals surface area contributed by atoms with Crippen LogP contribution in [0, 0.1) is 11.8 Å². The average Bonchev–Trinajstić information content (AvgIpc) is 2.98. The highest BCUT2D eigenvalue weighted by Crippen LogP contribution is 2.27. The van der Waals surface area contributed by atoms with Crippen LogP contribution in [0.25, 0.3) is 23.1 Å². The van der Waals surface area contributed by atoms with Crippen LogP contribution in [0.15, 0.2) is 52.9 Å². The fraction of sp³-hybridized carbons (Fsp3) is 0.143. The van der Waals surface area contributed by atoms with E-state index in [1.54, 1.807) is 7.11 Å². The first-order valence-corrected chi connectivity index (χ1v) is 7.75. The number of fused-ring (bicyclic) bond motifs is 1. The number of aliphatic hydroxyl groups is 1. The van der Waals surface area contributed by atoms with Crippen molar-refractivity contribution < 1.29 is 14.3 Å². The molecule has 3 aromatic rings. The lowest BCUT2D eigenvalue weighted by molar-refractivity contribution is 0.305. The molecule has 0 spiro atoms. The molecule has 2 aromatic carbocycles. The molecule has 0 fully saturated rings. The maximum absolute atomic E-state index is 8.92. The second-order valence-electron chi connectivity index (χ2n) is 5.22. The predicted octanol–water partition coefficient (Wildman–Crippen LogP) is 4.35. The Labute approximate surface area is 141 Å². The fourth-order valence-electron chi connectivity index (χ4n) is 2.40. The monoisotopic (exact) mass is 318 g/mol. The maximum atomic E-state index is 8.92. The molecule has 0 unspecified atom stereocenters. The summed E-state index contributed by atoms with van der Waals surface area (Å²) < 4.78 is 11.1. The lowest BCUT2D eigenvalue weighted by Gasteiger charge is -1.98. The number of aliphatic hydroxyl groups excluding tert-OH is 1. The van der Waals surface area contributed by atoms with Gasteiger partial charge >= 0.3 is 0 Å². The van der Waals surface area contributed by atoms with E-state index in [2.05, 4.69) is 11.8 Å². The number of benzene rings is 2. The Hall–Kier alpha value is -2.96. The molecule has 0 radical (unpaired) electrons. The summed E-state index contributed by atoms with van der Waals surface area (Å²) in [6.45, 7) is 0.0554. The zero-order chi connectivity index (χ0) is 16.8. The Morgan fingerprint density at radius 1 is 1.08 bits per heavy atom. The van der Waals surface area contributed by atoms with Gasteiger partial charge < -0.3 is 14.3 Å². The SMILES string of the molecule is COc1ccc(/C=C/c2oc3ccccc3c2C#CCCO)cc1. The number of ether oxygens (including phenoxy) is 1. The molecule has 1 heterocycles. The Balaban J connectivity index is 1.97. The van der Waals surface area contributed by atoms with Crippen molar-refractivity contribution >= 4 is 23.1 Å². The third-order valence-corrected chi connectivity index (χ3v) is 3.62. The molecule has 3 heteroatoms. The topological polar surface area (TPSA) is 42.6 Å². The minimum Gasteiger partial charge on any atom is -0.497 e. The van der Waals surface area contributed by atoms with Crippen LogP contribution in [0.2, 0.25) is 0 Å². The highest BCUT2D eigenvalue weighted by molar-refractivity contribution is 5.89. The summed E-state index contributed by atoms with van der Waals surface area (Å²) in [5.41, 5.74) is 2.70. The van der Waals surface area contributed by atoms with Crippen molar-refractivity contribution in [2.45, 2.75) is 6.42 Å². The normalized spacial score (nSPS) is 10.8. The zero-order valence-electron chi connectivity index (χ0n) is 13.5. The van der Waals surface area contributed by atoms with E-state index >= 15 is 0 Å². The van der Waals surface area contributed by atoms with Crippen LogP contribution in [0.5, 0.6) is 5.75 Å². The van der Waals surface area contributed by atoms with Crippen molar-refractivity contribution in [2.24, 2.45) is 0 Å². The number of hydrogen-bond donors (Lipinski definition) is 1. The van der Waals surface area contributed by atoms with Gasteiger partial charge in [0.05, 0.1) is 19.3 Å². The Morgan fingerprint density at radius 2 is 1.88 bits per heavy atom.